The summed E-state index contributed by atoms with van der Waals surface area (Å²) < 4.78 is 7.73. The average Bonchev–Trinajstić information content (AvgIpc) is 2.59. The number of nitrogens with zero attached hydrogens (tertiary/aromatic N) is 2. The van der Waals surface area contributed by atoms with Gasteiger partial charge in [-0.25, -0.2) is 0 Å². The number of hydrogen-bond donors (Lipinski definition) is 0. The summed E-state index contributed by atoms with van der Waals surface area (Å²) in [6.45, 7) is 8.28. The van der Waals surface area contributed by atoms with Gasteiger partial charge in [-0.3, -0.25) is 4.68 Å². The number of aromatic nitrogens is 2. The lowest BCUT2D eigenvalue weighted by atomic mass is 10.1. The number of rotatable bonds is 3. The summed E-state index contributed by atoms with van der Waals surface area (Å²) in [6, 6.07) is 0.457. The first-order valence-electron chi connectivity index (χ1n) is 6.36. The molecule has 0 aliphatic carbocycles. The lowest BCUT2D eigenvalue weighted by Crippen LogP contribution is -2.23. The smallest absolute Gasteiger partial charge is 0.0756 e. The van der Waals surface area contributed by atoms with Crippen LogP contribution in [0.3, 0.4) is 0 Å². The van der Waals surface area contributed by atoms with Crippen molar-refractivity contribution in [2.24, 2.45) is 0 Å². The maximum Gasteiger partial charge on any atom is 0.0756 e. The summed E-state index contributed by atoms with van der Waals surface area (Å²) >= 11 is 0. The van der Waals surface area contributed by atoms with Crippen molar-refractivity contribution < 1.29 is 4.74 Å². The molecule has 1 aromatic heterocycles. The lowest BCUT2D eigenvalue weighted by Gasteiger charge is -2.23. The Morgan fingerprint density at radius 3 is 2.88 bits per heavy atom. The van der Waals surface area contributed by atoms with Crippen molar-refractivity contribution in [3.05, 3.63) is 17.0 Å². The van der Waals surface area contributed by atoms with Crippen LogP contribution in [0.15, 0.2) is 0 Å². The van der Waals surface area contributed by atoms with Crippen LogP contribution in [0, 0.1) is 13.8 Å². The van der Waals surface area contributed by atoms with Gasteiger partial charge in [0.2, 0.25) is 0 Å². The first-order valence-corrected chi connectivity index (χ1v) is 6.36. The molecule has 1 aliphatic rings. The van der Waals surface area contributed by atoms with Crippen LogP contribution in [0.1, 0.15) is 49.2 Å². The van der Waals surface area contributed by atoms with Gasteiger partial charge in [-0.2, -0.15) is 5.10 Å². The van der Waals surface area contributed by atoms with Crippen LogP contribution in [-0.2, 0) is 11.2 Å². The van der Waals surface area contributed by atoms with Gasteiger partial charge in [-0.05, 0) is 38.7 Å². The first kappa shape index (κ1) is 11.6. The summed E-state index contributed by atoms with van der Waals surface area (Å²) in [6.07, 6.45) is 4.69. The molecule has 0 N–H and O–H groups in total. The van der Waals surface area contributed by atoms with Crippen LogP contribution in [0.4, 0.5) is 0 Å². The van der Waals surface area contributed by atoms with E-state index in [1.807, 2.05) is 0 Å². The highest BCUT2D eigenvalue weighted by Gasteiger charge is 2.20. The van der Waals surface area contributed by atoms with Crippen molar-refractivity contribution in [3.63, 3.8) is 0 Å². The predicted molar refractivity (Wildman–Crippen MR) is 64.8 cm³/mol. The van der Waals surface area contributed by atoms with E-state index in [0.717, 1.165) is 26.1 Å². The molecule has 1 fully saturated rings. The molecule has 90 valence electrons. The van der Waals surface area contributed by atoms with E-state index >= 15 is 0 Å². The van der Waals surface area contributed by atoms with Crippen molar-refractivity contribution in [2.45, 2.75) is 52.5 Å². The maximum atomic E-state index is 5.54. The molecule has 3 nitrogen and oxygen atoms in total. The van der Waals surface area contributed by atoms with E-state index in [-0.39, 0.29) is 0 Å². The molecule has 16 heavy (non-hydrogen) atoms. The molecular weight excluding hydrogens is 200 g/mol. The Morgan fingerprint density at radius 2 is 2.25 bits per heavy atom. The molecule has 1 atom stereocenters. The molecule has 1 aromatic rings. The van der Waals surface area contributed by atoms with Gasteiger partial charge in [-0.1, -0.05) is 13.3 Å². The van der Waals surface area contributed by atoms with E-state index in [1.54, 1.807) is 0 Å². The number of hydrogen-bond acceptors (Lipinski definition) is 2. The molecule has 0 saturated carbocycles. The highest BCUT2D eigenvalue weighted by molar-refractivity contribution is 5.25. The third-order valence-corrected chi connectivity index (χ3v) is 3.46. The van der Waals surface area contributed by atoms with Gasteiger partial charge < -0.3 is 4.74 Å². The first-order chi connectivity index (χ1) is 7.74. The van der Waals surface area contributed by atoms with Crippen LogP contribution >= 0.6 is 0 Å². The van der Waals surface area contributed by atoms with Crippen molar-refractivity contribution >= 4 is 0 Å². The van der Waals surface area contributed by atoms with Gasteiger partial charge in [0.05, 0.1) is 18.3 Å². The van der Waals surface area contributed by atoms with Gasteiger partial charge in [0.15, 0.2) is 0 Å². The van der Waals surface area contributed by atoms with E-state index < -0.39 is 0 Å². The summed E-state index contributed by atoms with van der Waals surface area (Å²) in [5.74, 6) is 0. The Bertz CT molecular complexity index is 351. The molecular formula is C13H22N2O. The van der Waals surface area contributed by atoms with Crippen molar-refractivity contribution in [1.29, 1.82) is 0 Å². The molecule has 1 saturated heterocycles. The van der Waals surface area contributed by atoms with Gasteiger partial charge in [0.1, 0.15) is 0 Å². The predicted octanol–water partition coefficient (Wildman–Crippen LogP) is 2.80. The van der Waals surface area contributed by atoms with Crippen LogP contribution in [0.25, 0.3) is 0 Å². The van der Waals surface area contributed by atoms with Crippen LogP contribution in [0.5, 0.6) is 0 Å². The minimum absolute atomic E-state index is 0.457. The molecule has 2 rings (SSSR count). The Morgan fingerprint density at radius 1 is 1.44 bits per heavy atom. The minimum atomic E-state index is 0.457. The Kier molecular flexibility index (Phi) is 3.64. The second kappa shape index (κ2) is 5.00. The third kappa shape index (κ3) is 2.14. The summed E-state index contributed by atoms with van der Waals surface area (Å²) in [4.78, 5) is 0. The molecule has 0 radical (unpaired) electrons. The highest BCUT2D eigenvalue weighted by Crippen LogP contribution is 2.24. The van der Waals surface area contributed by atoms with Gasteiger partial charge in [-0.15, -0.1) is 0 Å². The fraction of sp³-hybridized carbons (Fsp3) is 0.769. The molecule has 0 aromatic carbocycles. The standard InChI is InChI=1S/C13H22N2O/c1-4-6-13-10(2)14-15(11(13)3)12-7-5-8-16-9-12/h12H,4-9H2,1-3H3. The fourth-order valence-corrected chi connectivity index (χ4v) is 2.58. The van der Waals surface area contributed by atoms with E-state index in [1.165, 1.54) is 29.8 Å². The number of ether oxygens (including phenoxy) is 1. The molecule has 0 spiro atoms. The van der Waals surface area contributed by atoms with Gasteiger partial charge in [0.25, 0.3) is 0 Å². The van der Waals surface area contributed by atoms with Crippen molar-refractivity contribution in [2.75, 3.05) is 13.2 Å². The van der Waals surface area contributed by atoms with Crippen LogP contribution in [-0.4, -0.2) is 23.0 Å². The normalized spacial score (nSPS) is 21.3. The summed E-state index contributed by atoms with van der Waals surface area (Å²) in [5, 5.41) is 4.69. The fourth-order valence-electron chi connectivity index (χ4n) is 2.58. The zero-order chi connectivity index (χ0) is 11.5. The second-order valence-corrected chi connectivity index (χ2v) is 4.71. The minimum Gasteiger partial charge on any atom is -0.379 e. The van der Waals surface area contributed by atoms with Crippen molar-refractivity contribution in [3.8, 4) is 0 Å². The van der Waals surface area contributed by atoms with E-state index in [9.17, 15) is 0 Å². The van der Waals surface area contributed by atoms with E-state index in [0.29, 0.717) is 6.04 Å². The zero-order valence-corrected chi connectivity index (χ0v) is 10.6. The Hall–Kier alpha value is -0.830. The molecule has 0 bridgehead atoms. The SMILES string of the molecule is CCCc1c(C)nn(C2CCCOC2)c1C. The molecule has 1 unspecified atom stereocenters. The molecule has 1 aliphatic heterocycles. The van der Waals surface area contributed by atoms with Crippen molar-refractivity contribution in [1.82, 2.24) is 9.78 Å². The Balaban J connectivity index is 2.23. The quantitative estimate of drug-likeness (QED) is 0.786. The monoisotopic (exact) mass is 222 g/mol. The summed E-state index contributed by atoms with van der Waals surface area (Å²) in [7, 11) is 0. The summed E-state index contributed by atoms with van der Waals surface area (Å²) in [5.41, 5.74) is 3.98. The largest absolute Gasteiger partial charge is 0.379 e. The third-order valence-electron chi connectivity index (χ3n) is 3.46. The number of aryl methyl sites for hydroxylation is 1. The van der Waals surface area contributed by atoms with E-state index in [4.69, 9.17) is 4.74 Å². The molecule has 0 amide bonds. The highest BCUT2D eigenvalue weighted by atomic mass is 16.5. The Labute approximate surface area is 97.8 Å². The van der Waals surface area contributed by atoms with E-state index in [2.05, 4.69) is 30.6 Å². The van der Waals surface area contributed by atoms with Crippen LogP contribution < -0.4 is 0 Å². The van der Waals surface area contributed by atoms with Gasteiger partial charge in [0, 0.05) is 12.3 Å². The lowest BCUT2D eigenvalue weighted by molar-refractivity contribution is 0.0541. The second-order valence-electron chi connectivity index (χ2n) is 4.71. The zero-order valence-electron chi connectivity index (χ0n) is 10.6. The van der Waals surface area contributed by atoms with Crippen LogP contribution in [0.2, 0.25) is 0 Å². The topological polar surface area (TPSA) is 27.1 Å². The molecule has 2 heterocycles. The van der Waals surface area contributed by atoms with Gasteiger partial charge >= 0.3 is 0 Å². The maximum absolute atomic E-state index is 5.54. The molecule has 3 heteroatoms. The average molecular weight is 222 g/mol.